The fraction of sp³-hybridized carbons (Fsp3) is 0.312. The third-order valence-corrected chi connectivity index (χ3v) is 4.08. The molecule has 0 saturated carbocycles. The highest BCUT2D eigenvalue weighted by atomic mass is 32.1. The number of amides is 1. The van der Waals surface area contributed by atoms with Gasteiger partial charge in [0.1, 0.15) is 0 Å². The molecule has 1 unspecified atom stereocenters. The van der Waals surface area contributed by atoms with Gasteiger partial charge in [0, 0.05) is 22.2 Å². The van der Waals surface area contributed by atoms with Gasteiger partial charge in [-0.15, -0.1) is 11.3 Å². The van der Waals surface area contributed by atoms with Gasteiger partial charge in [-0.1, -0.05) is 19.9 Å². The van der Waals surface area contributed by atoms with Crippen LogP contribution in [-0.4, -0.2) is 5.91 Å². The lowest BCUT2D eigenvalue weighted by Gasteiger charge is -2.14. The third kappa shape index (κ3) is 3.84. The number of anilines is 2. The largest absolute Gasteiger partial charge is 0.378 e. The predicted octanol–water partition coefficient (Wildman–Crippen LogP) is 4.52. The molecule has 3 nitrogen and oxygen atoms in total. The van der Waals surface area contributed by atoms with Crippen LogP contribution in [0.25, 0.3) is 0 Å². The Hall–Kier alpha value is -1.81. The van der Waals surface area contributed by atoms with E-state index in [0.29, 0.717) is 0 Å². The van der Waals surface area contributed by atoms with Gasteiger partial charge in [-0.25, -0.2) is 0 Å². The number of nitrogens with one attached hydrogen (secondary N) is 2. The highest BCUT2D eigenvalue weighted by Crippen LogP contribution is 2.24. The molecule has 1 aromatic carbocycles. The summed E-state index contributed by atoms with van der Waals surface area (Å²) in [6.45, 7) is 5.90. The van der Waals surface area contributed by atoms with Crippen molar-refractivity contribution in [1.82, 2.24) is 0 Å². The van der Waals surface area contributed by atoms with Crippen molar-refractivity contribution in [1.29, 1.82) is 0 Å². The number of hydrogen-bond acceptors (Lipinski definition) is 3. The minimum atomic E-state index is -0.00773. The van der Waals surface area contributed by atoms with Gasteiger partial charge in [0.15, 0.2) is 0 Å². The first-order chi connectivity index (χ1) is 9.56. The second kappa shape index (κ2) is 6.57. The van der Waals surface area contributed by atoms with Crippen molar-refractivity contribution in [2.45, 2.75) is 26.8 Å². The molecule has 1 atom stereocenters. The molecule has 1 aromatic heterocycles. The van der Waals surface area contributed by atoms with E-state index in [0.717, 1.165) is 11.4 Å². The molecule has 0 aliphatic carbocycles. The quantitative estimate of drug-likeness (QED) is 0.849. The number of carbonyl (C=O) groups excluding carboxylic acids is 1. The van der Waals surface area contributed by atoms with Gasteiger partial charge in [-0.2, -0.15) is 0 Å². The topological polar surface area (TPSA) is 41.1 Å². The van der Waals surface area contributed by atoms with Crippen molar-refractivity contribution in [2.24, 2.45) is 5.92 Å². The monoisotopic (exact) mass is 288 g/mol. The lowest BCUT2D eigenvalue weighted by Crippen LogP contribution is -2.17. The Morgan fingerprint density at radius 3 is 2.25 bits per heavy atom. The van der Waals surface area contributed by atoms with Crippen LogP contribution in [0.15, 0.2) is 41.8 Å². The lowest BCUT2D eigenvalue weighted by molar-refractivity contribution is -0.118. The van der Waals surface area contributed by atoms with Crippen molar-refractivity contribution in [3.63, 3.8) is 0 Å². The molecule has 0 spiro atoms. The van der Waals surface area contributed by atoms with E-state index in [9.17, 15) is 4.79 Å². The maximum absolute atomic E-state index is 11.6. The van der Waals surface area contributed by atoms with Crippen LogP contribution in [0.2, 0.25) is 0 Å². The van der Waals surface area contributed by atoms with E-state index in [2.05, 4.69) is 35.1 Å². The zero-order chi connectivity index (χ0) is 14.5. The molecule has 0 radical (unpaired) electrons. The van der Waals surface area contributed by atoms with E-state index < -0.39 is 0 Å². The van der Waals surface area contributed by atoms with Crippen LogP contribution in [0.3, 0.4) is 0 Å². The molecule has 0 bridgehead atoms. The SMILES string of the molecule is CC(C)C(=O)Nc1ccc(NC(C)c2cccs2)cc1. The Morgan fingerprint density at radius 1 is 1.05 bits per heavy atom. The Kier molecular flexibility index (Phi) is 4.79. The first-order valence-corrected chi connectivity index (χ1v) is 7.65. The fourth-order valence-corrected chi connectivity index (χ4v) is 2.53. The predicted molar refractivity (Wildman–Crippen MR) is 86.3 cm³/mol. The van der Waals surface area contributed by atoms with Gasteiger partial charge in [0.25, 0.3) is 0 Å². The molecule has 1 amide bonds. The minimum Gasteiger partial charge on any atom is -0.378 e. The lowest BCUT2D eigenvalue weighted by atomic mass is 10.2. The summed E-state index contributed by atoms with van der Waals surface area (Å²) in [6, 6.07) is 12.3. The normalized spacial score (nSPS) is 12.2. The molecule has 20 heavy (non-hydrogen) atoms. The van der Waals surface area contributed by atoms with Crippen molar-refractivity contribution in [2.75, 3.05) is 10.6 Å². The zero-order valence-electron chi connectivity index (χ0n) is 12.0. The second-order valence-electron chi connectivity index (χ2n) is 5.10. The van der Waals surface area contributed by atoms with E-state index >= 15 is 0 Å². The first kappa shape index (κ1) is 14.6. The van der Waals surface area contributed by atoms with Crippen molar-refractivity contribution in [3.05, 3.63) is 46.7 Å². The number of carbonyl (C=O) groups is 1. The minimum absolute atomic E-state index is 0.00773. The van der Waals surface area contributed by atoms with Crippen LogP contribution in [-0.2, 0) is 4.79 Å². The average molecular weight is 288 g/mol. The van der Waals surface area contributed by atoms with Crippen LogP contribution in [0.4, 0.5) is 11.4 Å². The van der Waals surface area contributed by atoms with Gasteiger partial charge >= 0.3 is 0 Å². The Balaban J connectivity index is 1.96. The van der Waals surface area contributed by atoms with Crippen molar-refractivity contribution < 1.29 is 4.79 Å². The van der Waals surface area contributed by atoms with Crippen LogP contribution < -0.4 is 10.6 Å². The summed E-state index contributed by atoms with van der Waals surface area (Å²) >= 11 is 1.75. The summed E-state index contributed by atoms with van der Waals surface area (Å²) in [5.74, 6) is 0.0318. The average Bonchev–Trinajstić information content (AvgIpc) is 2.95. The molecule has 2 aromatic rings. The van der Waals surface area contributed by atoms with Gasteiger partial charge in [0.2, 0.25) is 5.91 Å². The van der Waals surface area contributed by atoms with Gasteiger partial charge in [-0.3, -0.25) is 4.79 Å². The molecule has 0 fully saturated rings. The number of rotatable bonds is 5. The summed E-state index contributed by atoms with van der Waals surface area (Å²) in [5.41, 5.74) is 1.88. The standard InChI is InChI=1S/C16H20N2OS/c1-11(2)16(19)18-14-8-6-13(7-9-14)17-12(3)15-5-4-10-20-15/h4-12,17H,1-3H3,(H,18,19). The number of benzene rings is 1. The molecular formula is C16H20N2OS. The first-order valence-electron chi connectivity index (χ1n) is 6.77. The van der Waals surface area contributed by atoms with E-state index in [4.69, 9.17) is 0 Å². The highest BCUT2D eigenvalue weighted by Gasteiger charge is 2.08. The highest BCUT2D eigenvalue weighted by molar-refractivity contribution is 7.10. The number of hydrogen-bond donors (Lipinski definition) is 2. The molecule has 0 aliphatic heterocycles. The summed E-state index contributed by atoms with van der Waals surface area (Å²) < 4.78 is 0. The van der Waals surface area contributed by atoms with Gasteiger partial charge in [0.05, 0.1) is 6.04 Å². The smallest absolute Gasteiger partial charge is 0.226 e. The fourth-order valence-electron chi connectivity index (χ4n) is 1.80. The van der Waals surface area contributed by atoms with Crippen molar-refractivity contribution in [3.8, 4) is 0 Å². The maximum atomic E-state index is 11.6. The van der Waals surface area contributed by atoms with Gasteiger partial charge < -0.3 is 10.6 Å². The summed E-state index contributed by atoms with van der Waals surface area (Å²) in [5, 5.41) is 8.41. The van der Waals surface area contributed by atoms with E-state index in [1.54, 1.807) is 11.3 Å². The van der Waals surface area contributed by atoms with Crippen LogP contribution in [0.1, 0.15) is 31.7 Å². The second-order valence-corrected chi connectivity index (χ2v) is 6.08. The zero-order valence-corrected chi connectivity index (χ0v) is 12.8. The molecule has 0 aliphatic rings. The van der Waals surface area contributed by atoms with Crippen LogP contribution in [0, 0.1) is 5.92 Å². The Morgan fingerprint density at radius 2 is 1.70 bits per heavy atom. The molecule has 0 saturated heterocycles. The van der Waals surface area contributed by atoms with Gasteiger partial charge in [-0.05, 0) is 42.6 Å². The molecular weight excluding hydrogens is 268 g/mol. The molecule has 2 rings (SSSR count). The van der Waals surface area contributed by atoms with E-state index in [1.165, 1.54) is 4.88 Å². The van der Waals surface area contributed by atoms with Crippen molar-refractivity contribution >= 4 is 28.6 Å². The molecule has 1 heterocycles. The summed E-state index contributed by atoms with van der Waals surface area (Å²) in [4.78, 5) is 12.9. The molecule has 106 valence electrons. The van der Waals surface area contributed by atoms with Crippen LogP contribution in [0.5, 0.6) is 0 Å². The Labute approximate surface area is 124 Å². The van der Waals surface area contributed by atoms with E-state index in [1.807, 2.05) is 38.1 Å². The number of thiophene rings is 1. The van der Waals surface area contributed by atoms with Crippen LogP contribution >= 0.6 is 11.3 Å². The maximum Gasteiger partial charge on any atom is 0.226 e. The third-order valence-electron chi connectivity index (χ3n) is 3.03. The molecule has 4 heteroatoms. The molecule has 2 N–H and O–H groups in total. The van der Waals surface area contributed by atoms with E-state index in [-0.39, 0.29) is 17.9 Å². The summed E-state index contributed by atoms with van der Waals surface area (Å²) in [7, 11) is 0. The summed E-state index contributed by atoms with van der Waals surface area (Å²) in [6.07, 6.45) is 0. The Bertz CT molecular complexity index is 546.